The molecule has 1 saturated carbocycles. The summed E-state index contributed by atoms with van der Waals surface area (Å²) in [6, 6.07) is 7.61. The Morgan fingerprint density at radius 2 is 2.04 bits per heavy atom. The SMILES string of the molecule is CCNC(=NCC(C)Oc1cccc(OC)c1)NCCOCC1CC1.I. The van der Waals surface area contributed by atoms with Crippen molar-refractivity contribution in [1.29, 1.82) is 0 Å². The highest BCUT2D eigenvalue weighted by molar-refractivity contribution is 14.0. The van der Waals surface area contributed by atoms with Gasteiger partial charge in [0.15, 0.2) is 5.96 Å². The first-order chi connectivity index (χ1) is 12.2. The first-order valence-corrected chi connectivity index (χ1v) is 9.12. The molecule has 0 aliphatic heterocycles. The second-order valence-electron chi connectivity index (χ2n) is 6.27. The van der Waals surface area contributed by atoms with Gasteiger partial charge in [0.1, 0.15) is 17.6 Å². The van der Waals surface area contributed by atoms with Gasteiger partial charge in [-0.15, -0.1) is 24.0 Å². The average molecular weight is 477 g/mol. The van der Waals surface area contributed by atoms with E-state index in [4.69, 9.17) is 14.2 Å². The molecule has 1 unspecified atom stereocenters. The van der Waals surface area contributed by atoms with Crippen molar-refractivity contribution in [3.8, 4) is 11.5 Å². The monoisotopic (exact) mass is 477 g/mol. The molecule has 0 heterocycles. The highest BCUT2D eigenvalue weighted by atomic mass is 127. The number of halogens is 1. The summed E-state index contributed by atoms with van der Waals surface area (Å²) in [5.41, 5.74) is 0. The van der Waals surface area contributed by atoms with Crippen LogP contribution in [-0.2, 0) is 4.74 Å². The number of nitrogens with one attached hydrogen (secondary N) is 2. The van der Waals surface area contributed by atoms with Gasteiger partial charge in [-0.05, 0) is 44.7 Å². The van der Waals surface area contributed by atoms with Crippen LogP contribution in [0.25, 0.3) is 0 Å². The summed E-state index contributed by atoms with van der Waals surface area (Å²) in [4.78, 5) is 4.58. The minimum atomic E-state index is -0.0336. The third kappa shape index (κ3) is 9.47. The van der Waals surface area contributed by atoms with Crippen LogP contribution >= 0.6 is 24.0 Å². The molecule has 7 heteroatoms. The van der Waals surface area contributed by atoms with E-state index in [2.05, 4.69) is 22.5 Å². The minimum absolute atomic E-state index is 0. The molecule has 1 aromatic carbocycles. The van der Waals surface area contributed by atoms with E-state index in [1.54, 1.807) is 7.11 Å². The number of hydrogen-bond acceptors (Lipinski definition) is 4. The van der Waals surface area contributed by atoms with Gasteiger partial charge in [0.05, 0.1) is 20.3 Å². The van der Waals surface area contributed by atoms with Crippen molar-refractivity contribution in [2.75, 3.05) is 40.0 Å². The number of aliphatic imine (C=N–C) groups is 1. The topological polar surface area (TPSA) is 64.1 Å². The predicted molar refractivity (Wildman–Crippen MR) is 116 cm³/mol. The lowest BCUT2D eigenvalue weighted by atomic mass is 10.3. The minimum Gasteiger partial charge on any atom is -0.497 e. The Kier molecular flexibility index (Phi) is 11.4. The Morgan fingerprint density at radius 3 is 2.73 bits per heavy atom. The van der Waals surface area contributed by atoms with Gasteiger partial charge in [-0.25, -0.2) is 4.99 Å². The highest BCUT2D eigenvalue weighted by Crippen LogP contribution is 2.28. The molecule has 0 radical (unpaired) electrons. The molecule has 1 aromatic rings. The maximum Gasteiger partial charge on any atom is 0.191 e. The van der Waals surface area contributed by atoms with Gasteiger partial charge in [0, 0.05) is 25.8 Å². The normalized spacial score (nSPS) is 15.0. The van der Waals surface area contributed by atoms with Crippen LogP contribution < -0.4 is 20.1 Å². The second kappa shape index (κ2) is 13.0. The number of nitrogens with zero attached hydrogens (tertiary/aromatic N) is 1. The molecule has 1 aliphatic carbocycles. The van der Waals surface area contributed by atoms with Gasteiger partial charge in [-0.1, -0.05) is 6.07 Å². The Morgan fingerprint density at radius 1 is 1.27 bits per heavy atom. The molecule has 0 amide bonds. The molecule has 148 valence electrons. The Labute approximate surface area is 174 Å². The largest absolute Gasteiger partial charge is 0.497 e. The fraction of sp³-hybridized carbons (Fsp3) is 0.632. The van der Waals surface area contributed by atoms with E-state index in [-0.39, 0.29) is 30.1 Å². The average Bonchev–Trinajstić information content (AvgIpc) is 3.43. The zero-order valence-corrected chi connectivity index (χ0v) is 18.3. The molecular weight excluding hydrogens is 445 g/mol. The summed E-state index contributed by atoms with van der Waals surface area (Å²) in [7, 11) is 1.65. The maximum absolute atomic E-state index is 5.89. The summed E-state index contributed by atoms with van der Waals surface area (Å²) in [6.45, 7) is 7.79. The van der Waals surface area contributed by atoms with Crippen LogP contribution in [0.4, 0.5) is 0 Å². The molecule has 1 atom stereocenters. The van der Waals surface area contributed by atoms with E-state index in [0.29, 0.717) is 13.2 Å². The van der Waals surface area contributed by atoms with Crippen LogP contribution in [0, 0.1) is 5.92 Å². The fourth-order valence-corrected chi connectivity index (χ4v) is 2.28. The molecule has 0 spiro atoms. The second-order valence-corrected chi connectivity index (χ2v) is 6.27. The first-order valence-electron chi connectivity index (χ1n) is 9.12. The van der Waals surface area contributed by atoms with Gasteiger partial charge in [0.2, 0.25) is 0 Å². The van der Waals surface area contributed by atoms with Gasteiger partial charge in [-0.2, -0.15) is 0 Å². The summed E-state index contributed by atoms with van der Waals surface area (Å²) in [6.07, 6.45) is 2.61. The molecule has 2 N–H and O–H groups in total. The van der Waals surface area contributed by atoms with Crippen LogP contribution in [-0.4, -0.2) is 52.0 Å². The van der Waals surface area contributed by atoms with Crippen molar-refractivity contribution in [3.05, 3.63) is 24.3 Å². The van der Waals surface area contributed by atoms with E-state index in [1.807, 2.05) is 31.2 Å². The number of ether oxygens (including phenoxy) is 3. The van der Waals surface area contributed by atoms with Crippen molar-refractivity contribution in [1.82, 2.24) is 10.6 Å². The lowest BCUT2D eigenvalue weighted by Crippen LogP contribution is -2.39. The van der Waals surface area contributed by atoms with Crippen LogP contribution in [0.15, 0.2) is 29.3 Å². The summed E-state index contributed by atoms with van der Waals surface area (Å²) in [5, 5.41) is 6.53. The van der Waals surface area contributed by atoms with Crippen LogP contribution in [0.3, 0.4) is 0 Å². The molecule has 0 saturated heterocycles. The molecule has 26 heavy (non-hydrogen) atoms. The fourth-order valence-electron chi connectivity index (χ4n) is 2.28. The molecule has 0 bridgehead atoms. The van der Waals surface area contributed by atoms with Crippen molar-refractivity contribution in [2.24, 2.45) is 10.9 Å². The third-order valence-corrected chi connectivity index (χ3v) is 3.82. The Bertz CT molecular complexity index is 539. The Hall–Kier alpha value is -1.22. The van der Waals surface area contributed by atoms with Crippen LogP contribution in [0.2, 0.25) is 0 Å². The first kappa shape index (κ1) is 22.8. The zero-order chi connectivity index (χ0) is 17.9. The number of benzene rings is 1. The molecule has 0 aromatic heterocycles. The van der Waals surface area contributed by atoms with Crippen molar-refractivity contribution in [3.63, 3.8) is 0 Å². The highest BCUT2D eigenvalue weighted by Gasteiger charge is 2.20. The van der Waals surface area contributed by atoms with Gasteiger partial charge in [-0.3, -0.25) is 0 Å². The van der Waals surface area contributed by atoms with Crippen LogP contribution in [0.5, 0.6) is 11.5 Å². The van der Waals surface area contributed by atoms with Crippen molar-refractivity contribution >= 4 is 29.9 Å². The van der Waals surface area contributed by atoms with E-state index in [0.717, 1.165) is 43.1 Å². The van der Waals surface area contributed by atoms with Gasteiger partial charge in [0.25, 0.3) is 0 Å². The lowest BCUT2D eigenvalue weighted by Gasteiger charge is -2.15. The summed E-state index contributed by atoms with van der Waals surface area (Å²) >= 11 is 0. The predicted octanol–water partition coefficient (Wildman–Crippen LogP) is 3.06. The Balaban J connectivity index is 0.00000338. The molecular formula is C19H32IN3O3. The zero-order valence-electron chi connectivity index (χ0n) is 16.0. The molecule has 2 rings (SSSR count). The summed E-state index contributed by atoms with van der Waals surface area (Å²) < 4.78 is 16.7. The van der Waals surface area contributed by atoms with E-state index in [1.165, 1.54) is 12.8 Å². The third-order valence-electron chi connectivity index (χ3n) is 3.82. The number of rotatable bonds is 11. The maximum atomic E-state index is 5.89. The van der Waals surface area contributed by atoms with E-state index in [9.17, 15) is 0 Å². The lowest BCUT2D eigenvalue weighted by molar-refractivity contribution is 0.129. The van der Waals surface area contributed by atoms with Gasteiger partial charge >= 0.3 is 0 Å². The molecule has 6 nitrogen and oxygen atoms in total. The van der Waals surface area contributed by atoms with E-state index >= 15 is 0 Å². The van der Waals surface area contributed by atoms with Crippen molar-refractivity contribution in [2.45, 2.75) is 32.8 Å². The standard InChI is InChI=1S/C19H31N3O3.HI/c1-4-20-19(21-10-11-24-14-16-8-9-16)22-13-15(2)25-18-7-5-6-17(12-18)23-3;/h5-7,12,15-16H,4,8-11,13-14H2,1-3H3,(H2,20,21,22);1H. The van der Waals surface area contributed by atoms with Gasteiger partial charge < -0.3 is 24.8 Å². The van der Waals surface area contributed by atoms with Crippen molar-refractivity contribution < 1.29 is 14.2 Å². The molecule has 1 fully saturated rings. The number of guanidine groups is 1. The number of hydrogen-bond donors (Lipinski definition) is 2. The quantitative estimate of drug-likeness (QED) is 0.222. The smallest absolute Gasteiger partial charge is 0.191 e. The number of methoxy groups -OCH3 is 1. The molecule has 1 aliphatic rings. The van der Waals surface area contributed by atoms with Crippen LogP contribution in [0.1, 0.15) is 26.7 Å². The van der Waals surface area contributed by atoms with E-state index < -0.39 is 0 Å². The summed E-state index contributed by atoms with van der Waals surface area (Å²) in [5.74, 6) is 3.16.